The lowest BCUT2D eigenvalue weighted by Crippen LogP contribution is -2.52. The van der Waals surface area contributed by atoms with Crippen LogP contribution in [0, 0.1) is 0 Å². The molecule has 0 unspecified atom stereocenters. The number of halogens is 1. The van der Waals surface area contributed by atoms with Crippen molar-refractivity contribution < 1.29 is 9.84 Å². The van der Waals surface area contributed by atoms with E-state index in [4.69, 9.17) is 22.1 Å². The Morgan fingerprint density at radius 1 is 1.56 bits per heavy atom. The van der Waals surface area contributed by atoms with Crippen LogP contribution in [0.15, 0.2) is 18.2 Å². The largest absolute Gasteiger partial charge is 0.496 e. The van der Waals surface area contributed by atoms with E-state index in [0.717, 1.165) is 11.3 Å². The van der Waals surface area contributed by atoms with Gasteiger partial charge in [0.1, 0.15) is 5.75 Å². The molecule has 0 radical (unpaired) electrons. The first-order chi connectivity index (χ1) is 7.52. The molecule has 3 nitrogen and oxygen atoms in total. The second-order valence-corrected chi connectivity index (χ2v) is 4.96. The minimum absolute atomic E-state index is 0.121. The molecule has 0 heterocycles. The van der Waals surface area contributed by atoms with Crippen LogP contribution in [0.3, 0.4) is 0 Å². The molecule has 0 saturated heterocycles. The maximum absolute atomic E-state index is 10.2. The first-order valence-electron chi connectivity index (χ1n) is 5.33. The third-order valence-corrected chi connectivity index (χ3v) is 3.28. The Balaban J connectivity index is 2.17. The van der Waals surface area contributed by atoms with Crippen LogP contribution in [-0.2, 0) is 6.42 Å². The van der Waals surface area contributed by atoms with E-state index in [1.54, 1.807) is 13.2 Å². The summed E-state index contributed by atoms with van der Waals surface area (Å²) in [4.78, 5) is 0. The molecular formula is C12H16ClNO2. The van der Waals surface area contributed by atoms with Gasteiger partial charge in [-0.15, -0.1) is 0 Å². The zero-order valence-corrected chi connectivity index (χ0v) is 10.00. The molecule has 16 heavy (non-hydrogen) atoms. The summed E-state index contributed by atoms with van der Waals surface area (Å²) in [5.74, 6) is 0.762. The number of benzene rings is 1. The maximum atomic E-state index is 10.2. The number of hydrogen-bond acceptors (Lipinski definition) is 3. The van der Waals surface area contributed by atoms with E-state index in [1.807, 2.05) is 12.1 Å². The fourth-order valence-corrected chi connectivity index (χ4v) is 2.50. The van der Waals surface area contributed by atoms with E-state index in [9.17, 15) is 5.11 Å². The highest BCUT2D eigenvalue weighted by Crippen LogP contribution is 2.36. The molecule has 3 N–H and O–H groups in total. The van der Waals surface area contributed by atoms with Crippen molar-refractivity contribution >= 4 is 11.6 Å². The van der Waals surface area contributed by atoms with Crippen molar-refractivity contribution in [3.05, 3.63) is 28.8 Å². The van der Waals surface area contributed by atoms with Crippen LogP contribution in [0.1, 0.15) is 18.4 Å². The fourth-order valence-electron chi connectivity index (χ4n) is 2.30. The van der Waals surface area contributed by atoms with E-state index >= 15 is 0 Å². The first kappa shape index (κ1) is 11.7. The van der Waals surface area contributed by atoms with Crippen molar-refractivity contribution in [2.45, 2.75) is 30.9 Å². The second kappa shape index (κ2) is 4.24. The van der Waals surface area contributed by atoms with Gasteiger partial charge in [-0.3, -0.25) is 0 Å². The molecular weight excluding hydrogens is 226 g/mol. The summed E-state index contributed by atoms with van der Waals surface area (Å²) in [5, 5.41) is 10.8. The van der Waals surface area contributed by atoms with Gasteiger partial charge in [0, 0.05) is 17.5 Å². The minimum Gasteiger partial charge on any atom is -0.496 e. The number of methoxy groups -OCH3 is 1. The highest BCUT2D eigenvalue weighted by Gasteiger charge is 2.41. The SMILES string of the molecule is COc1ccc(Cl)cc1CC1(O)CC(N)C1. The van der Waals surface area contributed by atoms with Gasteiger partial charge < -0.3 is 15.6 Å². The van der Waals surface area contributed by atoms with Gasteiger partial charge in [-0.05, 0) is 36.6 Å². The Morgan fingerprint density at radius 2 is 2.25 bits per heavy atom. The molecule has 0 aromatic heterocycles. The maximum Gasteiger partial charge on any atom is 0.122 e. The predicted molar refractivity (Wildman–Crippen MR) is 63.9 cm³/mol. The van der Waals surface area contributed by atoms with Crippen LogP contribution in [-0.4, -0.2) is 23.9 Å². The molecule has 0 bridgehead atoms. The molecule has 1 aliphatic carbocycles. The summed E-state index contributed by atoms with van der Waals surface area (Å²) in [5.41, 5.74) is 5.94. The van der Waals surface area contributed by atoms with Crippen molar-refractivity contribution in [3.63, 3.8) is 0 Å². The lowest BCUT2D eigenvalue weighted by Gasteiger charge is -2.42. The molecule has 1 aliphatic rings. The molecule has 0 atom stereocenters. The van der Waals surface area contributed by atoms with Crippen molar-refractivity contribution in [2.75, 3.05) is 7.11 Å². The number of hydrogen-bond donors (Lipinski definition) is 2. The van der Waals surface area contributed by atoms with Crippen LogP contribution < -0.4 is 10.5 Å². The number of rotatable bonds is 3. The predicted octanol–water partition coefficient (Wildman–Crippen LogP) is 1.74. The second-order valence-electron chi connectivity index (χ2n) is 4.53. The summed E-state index contributed by atoms with van der Waals surface area (Å²) in [6.07, 6.45) is 1.83. The van der Waals surface area contributed by atoms with Crippen LogP contribution in [0.4, 0.5) is 0 Å². The summed E-state index contributed by atoms with van der Waals surface area (Å²) in [6.45, 7) is 0. The monoisotopic (exact) mass is 241 g/mol. The Morgan fingerprint density at radius 3 is 2.81 bits per heavy atom. The quantitative estimate of drug-likeness (QED) is 0.848. The standard InChI is InChI=1S/C12H16ClNO2/c1-16-11-3-2-9(13)4-8(11)5-12(15)6-10(14)7-12/h2-4,10,15H,5-7,14H2,1H3. The number of aliphatic hydroxyl groups is 1. The van der Waals surface area contributed by atoms with Crippen molar-refractivity contribution in [1.29, 1.82) is 0 Å². The van der Waals surface area contributed by atoms with E-state index < -0.39 is 5.60 Å². The molecule has 0 aliphatic heterocycles. The van der Waals surface area contributed by atoms with Crippen molar-refractivity contribution in [1.82, 2.24) is 0 Å². The molecule has 0 amide bonds. The van der Waals surface area contributed by atoms with E-state index in [0.29, 0.717) is 24.3 Å². The average Bonchev–Trinajstić information content (AvgIpc) is 2.15. The Labute approximate surface area is 100 Å². The van der Waals surface area contributed by atoms with E-state index in [2.05, 4.69) is 0 Å². The molecule has 0 spiro atoms. The van der Waals surface area contributed by atoms with Gasteiger partial charge in [0.05, 0.1) is 12.7 Å². The molecule has 1 fully saturated rings. The van der Waals surface area contributed by atoms with Gasteiger partial charge in [-0.25, -0.2) is 0 Å². The topological polar surface area (TPSA) is 55.5 Å². The smallest absolute Gasteiger partial charge is 0.122 e. The summed E-state index contributed by atoms with van der Waals surface area (Å²) < 4.78 is 5.24. The van der Waals surface area contributed by atoms with Gasteiger partial charge in [0.25, 0.3) is 0 Å². The van der Waals surface area contributed by atoms with Crippen molar-refractivity contribution in [3.8, 4) is 5.75 Å². The van der Waals surface area contributed by atoms with Gasteiger partial charge in [-0.1, -0.05) is 11.6 Å². The lowest BCUT2D eigenvalue weighted by molar-refractivity contribution is -0.0458. The van der Waals surface area contributed by atoms with Crippen LogP contribution in [0.5, 0.6) is 5.75 Å². The zero-order valence-electron chi connectivity index (χ0n) is 9.24. The first-order valence-corrected chi connectivity index (χ1v) is 5.71. The minimum atomic E-state index is -0.683. The molecule has 2 rings (SSSR count). The van der Waals surface area contributed by atoms with Gasteiger partial charge >= 0.3 is 0 Å². The average molecular weight is 242 g/mol. The van der Waals surface area contributed by atoms with Crippen LogP contribution in [0.25, 0.3) is 0 Å². The fraction of sp³-hybridized carbons (Fsp3) is 0.500. The normalized spacial score (nSPS) is 28.6. The van der Waals surface area contributed by atoms with Gasteiger partial charge in [-0.2, -0.15) is 0 Å². The van der Waals surface area contributed by atoms with Gasteiger partial charge in [0.2, 0.25) is 0 Å². The van der Waals surface area contributed by atoms with Crippen LogP contribution in [0.2, 0.25) is 5.02 Å². The van der Waals surface area contributed by atoms with E-state index in [1.165, 1.54) is 0 Å². The van der Waals surface area contributed by atoms with E-state index in [-0.39, 0.29) is 6.04 Å². The Hall–Kier alpha value is -0.770. The number of nitrogens with two attached hydrogens (primary N) is 1. The summed E-state index contributed by atoms with van der Waals surface area (Å²) >= 11 is 5.93. The number of ether oxygens (including phenoxy) is 1. The van der Waals surface area contributed by atoms with Crippen LogP contribution >= 0.6 is 11.6 Å². The third-order valence-electron chi connectivity index (χ3n) is 3.05. The van der Waals surface area contributed by atoms with Gasteiger partial charge in [0.15, 0.2) is 0 Å². The summed E-state index contributed by atoms with van der Waals surface area (Å²) in [7, 11) is 1.61. The highest BCUT2D eigenvalue weighted by molar-refractivity contribution is 6.30. The summed E-state index contributed by atoms with van der Waals surface area (Å²) in [6, 6.07) is 5.55. The molecule has 88 valence electrons. The zero-order chi connectivity index (χ0) is 11.8. The molecule has 1 aromatic carbocycles. The van der Waals surface area contributed by atoms with Crippen molar-refractivity contribution in [2.24, 2.45) is 5.73 Å². The Bertz CT molecular complexity index is 389. The Kier molecular flexibility index (Phi) is 3.10. The lowest BCUT2D eigenvalue weighted by atomic mass is 9.72. The molecule has 4 heteroatoms. The molecule has 1 aromatic rings. The third kappa shape index (κ3) is 2.32. The highest BCUT2D eigenvalue weighted by atomic mass is 35.5. The molecule has 1 saturated carbocycles.